The Bertz CT molecular complexity index is 768. The van der Waals surface area contributed by atoms with E-state index in [1.54, 1.807) is 12.1 Å². The Morgan fingerprint density at radius 2 is 1.82 bits per heavy atom. The Morgan fingerprint density at radius 1 is 1.18 bits per heavy atom. The number of nitro benzene ring substituents is 1. The molecule has 0 aliphatic heterocycles. The molecule has 0 bridgehead atoms. The molecule has 22 heavy (non-hydrogen) atoms. The molecule has 0 fully saturated rings. The monoisotopic (exact) mass is 298 g/mol. The van der Waals surface area contributed by atoms with Crippen LogP contribution in [0.3, 0.4) is 0 Å². The molecule has 0 aliphatic rings. The quantitative estimate of drug-likeness (QED) is 0.641. The summed E-state index contributed by atoms with van der Waals surface area (Å²) in [5.41, 5.74) is 2.21. The molecular weight excluding hydrogens is 284 g/mol. The third-order valence-electron chi connectivity index (χ3n) is 3.10. The van der Waals surface area contributed by atoms with Crippen molar-refractivity contribution in [3.05, 3.63) is 70.3 Å². The van der Waals surface area contributed by atoms with E-state index in [1.807, 2.05) is 19.1 Å². The van der Waals surface area contributed by atoms with E-state index in [1.165, 1.54) is 12.1 Å². The molecule has 6 nitrogen and oxygen atoms in total. The SMILES string of the molecule is C=C(C)c1ccccc1Nc1ccc([N+](=O)[O-])cc1C(=O)O. The van der Waals surface area contributed by atoms with Gasteiger partial charge in [0.25, 0.3) is 5.69 Å². The highest BCUT2D eigenvalue weighted by molar-refractivity contribution is 5.96. The highest BCUT2D eigenvalue weighted by atomic mass is 16.6. The van der Waals surface area contributed by atoms with Gasteiger partial charge in [-0.25, -0.2) is 4.79 Å². The van der Waals surface area contributed by atoms with Crippen LogP contribution < -0.4 is 5.32 Å². The maximum atomic E-state index is 11.3. The van der Waals surface area contributed by atoms with Gasteiger partial charge in [0.2, 0.25) is 0 Å². The third kappa shape index (κ3) is 3.12. The number of benzene rings is 2. The van der Waals surface area contributed by atoms with Crippen molar-refractivity contribution in [2.75, 3.05) is 5.32 Å². The van der Waals surface area contributed by atoms with Crippen molar-refractivity contribution in [3.63, 3.8) is 0 Å². The number of carboxylic acids is 1. The summed E-state index contributed by atoms with van der Waals surface area (Å²) in [6.07, 6.45) is 0. The van der Waals surface area contributed by atoms with Crippen LogP contribution in [0.25, 0.3) is 5.57 Å². The van der Waals surface area contributed by atoms with Crippen LogP contribution in [0.5, 0.6) is 0 Å². The van der Waals surface area contributed by atoms with Gasteiger partial charge in [-0.15, -0.1) is 0 Å². The molecule has 0 unspecified atom stereocenters. The molecule has 0 radical (unpaired) electrons. The zero-order chi connectivity index (χ0) is 16.3. The maximum absolute atomic E-state index is 11.3. The predicted molar refractivity (Wildman–Crippen MR) is 84.5 cm³/mol. The van der Waals surface area contributed by atoms with E-state index in [-0.39, 0.29) is 16.9 Å². The minimum atomic E-state index is -1.24. The molecular formula is C16H14N2O4. The zero-order valence-electron chi connectivity index (χ0n) is 11.9. The largest absolute Gasteiger partial charge is 0.478 e. The molecule has 0 heterocycles. The molecule has 0 aromatic heterocycles. The minimum Gasteiger partial charge on any atom is -0.478 e. The fourth-order valence-electron chi connectivity index (χ4n) is 2.04. The van der Waals surface area contributed by atoms with Gasteiger partial charge >= 0.3 is 5.97 Å². The first kappa shape index (κ1) is 15.2. The van der Waals surface area contributed by atoms with E-state index in [0.717, 1.165) is 17.2 Å². The molecule has 2 N–H and O–H groups in total. The molecule has 0 saturated heterocycles. The molecule has 0 saturated carbocycles. The maximum Gasteiger partial charge on any atom is 0.338 e. The van der Waals surface area contributed by atoms with Crippen molar-refractivity contribution >= 4 is 28.6 Å². The Hall–Kier alpha value is -3.15. The van der Waals surface area contributed by atoms with Gasteiger partial charge in [0.15, 0.2) is 0 Å². The number of nitrogens with zero attached hydrogens (tertiary/aromatic N) is 1. The van der Waals surface area contributed by atoms with Crippen LogP contribution in [-0.4, -0.2) is 16.0 Å². The summed E-state index contributed by atoms with van der Waals surface area (Å²) in [6.45, 7) is 5.72. The highest BCUT2D eigenvalue weighted by Crippen LogP contribution is 2.29. The molecule has 2 aromatic carbocycles. The first-order chi connectivity index (χ1) is 10.4. The zero-order valence-corrected chi connectivity index (χ0v) is 11.9. The summed E-state index contributed by atoms with van der Waals surface area (Å²) in [5.74, 6) is -1.24. The third-order valence-corrected chi connectivity index (χ3v) is 3.10. The Balaban J connectivity index is 2.48. The fraction of sp³-hybridized carbons (Fsp3) is 0.0625. The van der Waals surface area contributed by atoms with Crippen molar-refractivity contribution in [3.8, 4) is 0 Å². The number of hydrogen-bond acceptors (Lipinski definition) is 4. The summed E-state index contributed by atoms with van der Waals surface area (Å²) in [5, 5.41) is 23.0. The summed E-state index contributed by atoms with van der Waals surface area (Å²) in [7, 11) is 0. The van der Waals surface area contributed by atoms with E-state index in [0.29, 0.717) is 5.69 Å². The van der Waals surface area contributed by atoms with Gasteiger partial charge in [-0.2, -0.15) is 0 Å². The van der Waals surface area contributed by atoms with Crippen LogP contribution in [0.15, 0.2) is 49.0 Å². The van der Waals surface area contributed by atoms with E-state index in [2.05, 4.69) is 11.9 Å². The molecule has 6 heteroatoms. The predicted octanol–water partition coefficient (Wildman–Crippen LogP) is 4.07. The average Bonchev–Trinajstić information content (AvgIpc) is 2.47. The van der Waals surface area contributed by atoms with Crippen LogP contribution in [0.1, 0.15) is 22.8 Å². The molecule has 2 rings (SSSR count). The molecule has 112 valence electrons. The van der Waals surface area contributed by atoms with Crippen LogP contribution >= 0.6 is 0 Å². The van der Waals surface area contributed by atoms with Gasteiger partial charge < -0.3 is 10.4 Å². The topological polar surface area (TPSA) is 92.5 Å². The van der Waals surface area contributed by atoms with Crippen LogP contribution in [0, 0.1) is 10.1 Å². The molecule has 0 aliphatic carbocycles. The second-order valence-corrected chi connectivity index (χ2v) is 4.74. The lowest BCUT2D eigenvalue weighted by molar-refractivity contribution is -0.384. The number of anilines is 2. The van der Waals surface area contributed by atoms with Gasteiger partial charge in [-0.1, -0.05) is 24.8 Å². The van der Waals surface area contributed by atoms with Crippen molar-refractivity contribution < 1.29 is 14.8 Å². The van der Waals surface area contributed by atoms with Crippen molar-refractivity contribution in [2.45, 2.75) is 6.92 Å². The van der Waals surface area contributed by atoms with E-state index in [9.17, 15) is 20.0 Å². The van der Waals surface area contributed by atoms with Crippen LogP contribution in [0.4, 0.5) is 17.1 Å². The number of carboxylic acid groups (broad SMARTS) is 1. The Labute approximate surface area is 126 Å². The Morgan fingerprint density at radius 3 is 2.41 bits per heavy atom. The smallest absolute Gasteiger partial charge is 0.338 e. The number of nitrogens with one attached hydrogen (secondary N) is 1. The fourth-order valence-corrected chi connectivity index (χ4v) is 2.04. The van der Waals surface area contributed by atoms with Gasteiger partial charge in [0, 0.05) is 23.4 Å². The van der Waals surface area contributed by atoms with Crippen molar-refractivity contribution in [1.29, 1.82) is 0 Å². The highest BCUT2D eigenvalue weighted by Gasteiger charge is 2.16. The summed E-state index contributed by atoms with van der Waals surface area (Å²) < 4.78 is 0. The normalized spacial score (nSPS) is 10.0. The lowest BCUT2D eigenvalue weighted by atomic mass is 10.1. The Kier molecular flexibility index (Phi) is 4.22. The second kappa shape index (κ2) is 6.09. The molecule has 2 aromatic rings. The summed E-state index contributed by atoms with van der Waals surface area (Å²) in [4.78, 5) is 21.5. The number of rotatable bonds is 5. The molecule has 0 spiro atoms. The van der Waals surface area contributed by atoms with Crippen molar-refractivity contribution in [2.24, 2.45) is 0 Å². The number of hydrogen-bond donors (Lipinski definition) is 2. The van der Waals surface area contributed by atoms with Crippen LogP contribution in [0.2, 0.25) is 0 Å². The summed E-state index contributed by atoms with van der Waals surface area (Å²) in [6, 6.07) is 11.0. The minimum absolute atomic E-state index is 0.161. The van der Waals surface area contributed by atoms with E-state index >= 15 is 0 Å². The van der Waals surface area contributed by atoms with Gasteiger partial charge in [-0.05, 0) is 24.6 Å². The standard InChI is InChI=1S/C16H14N2O4/c1-10(2)12-5-3-4-6-14(12)17-15-8-7-11(18(21)22)9-13(15)16(19)20/h3-9,17H,1H2,2H3,(H,19,20). The van der Waals surface area contributed by atoms with Crippen LogP contribution in [-0.2, 0) is 0 Å². The average molecular weight is 298 g/mol. The van der Waals surface area contributed by atoms with Crippen molar-refractivity contribution in [1.82, 2.24) is 0 Å². The first-order valence-electron chi connectivity index (χ1n) is 6.44. The van der Waals surface area contributed by atoms with E-state index < -0.39 is 10.9 Å². The lowest BCUT2D eigenvalue weighted by Crippen LogP contribution is -2.05. The van der Waals surface area contributed by atoms with Gasteiger partial charge in [0.1, 0.15) is 0 Å². The number of allylic oxidation sites excluding steroid dienone is 1. The number of para-hydroxylation sites is 1. The molecule has 0 atom stereocenters. The van der Waals surface area contributed by atoms with Gasteiger partial charge in [-0.3, -0.25) is 10.1 Å². The number of non-ortho nitro benzene ring substituents is 1. The number of nitro groups is 1. The second-order valence-electron chi connectivity index (χ2n) is 4.74. The number of carbonyl (C=O) groups is 1. The molecule has 0 amide bonds. The lowest BCUT2D eigenvalue weighted by Gasteiger charge is -2.13. The summed E-state index contributed by atoms with van der Waals surface area (Å²) >= 11 is 0. The van der Waals surface area contributed by atoms with Gasteiger partial charge in [0.05, 0.1) is 16.2 Å². The first-order valence-corrected chi connectivity index (χ1v) is 6.44. The van der Waals surface area contributed by atoms with E-state index in [4.69, 9.17) is 0 Å². The number of aromatic carboxylic acids is 1.